The Hall–Kier alpha value is -2.78. The molecular weight excluding hydrogens is 408 g/mol. The Bertz CT molecular complexity index is 912. The van der Waals surface area contributed by atoms with Gasteiger partial charge >= 0.3 is 6.03 Å². The average molecular weight is 431 g/mol. The fourth-order valence-corrected chi connectivity index (χ4v) is 4.20. The van der Waals surface area contributed by atoms with E-state index in [1.807, 2.05) is 48.5 Å². The molecule has 29 heavy (non-hydrogen) atoms. The number of anilines is 1. The van der Waals surface area contributed by atoms with Crippen LogP contribution >= 0.6 is 23.1 Å². The van der Waals surface area contributed by atoms with E-state index < -0.39 is 0 Å². The second-order valence-corrected chi connectivity index (χ2v) is 8.20. The summed E-state index contributed by atoms with van der Waals surface area (Å²) < 4.78 is 11.3. The molecule has 0 bridgehead atoms. The fraction of sp³-hybridized carbons (Fsp3) is 0.250. The molecule has 0 saturated heterocycles. The molecule has 3 aromatic rings. The number of thioether (sulfide) groups is 1. The summed E-state index contributed by atoms with van der Waals surface area (Å²) in [5.74, 6) is 2.17. The number of aromatic nitrogens is 2. The number of hydrogen-bond donors (Lipinski definition) is 2. The van der Waals surface area contributed by atoms with Crippen molar-refractivity contribution in [1.82, 2.24) is 15.5 Å². The van der Waals surface area contributed by atoms with Crippen molar-refractivity contribution in [2.45, 2.75) is 16.5 Å². The molecule has 0 radical (unpaired) electrons. The molecule has 0 spiro atoms. The van der Waals surface area contributed by atoms with Gasteiger partial charge < -0.3 is 14.8 Å². The fourth-order valence-electron chi connectivity index (χ4n) is 2.52. The molecule has 9 heteroatoms. The van der Waals surface area contributed by atoms with Gasteiger partial charge in [-0.25, -0.2) is 4.79 Å². The molecule has 0 atom stereocenters. The zero-order chi connectivity index (χ0) is 20.5. The first-order valence-electron chi connectivity index (χ1n) is 8.93. The maximum Gasteiger partial charge on any atom is 0.321 e. The molecule has 0 unspecified atom stereocenters. The minimum Gasteiger partial charge on any atom is -0.497 e. The largest absolute Gasteiger partial charge is 0.497 e. The van der Waals surface area contributed by atoms with Crippen LogP contribution in [0.4, 0.5) is 9.93 Å². The lowest BCUT2D eigenvalue weighted by atomic mass is 10.1. The Morgan fingerprint density at radius 3 is 2.45 bits per heavy atom. The van der Waals surface area contributed by atoms with Gasteiger partial charge in [0.15, 0.2) is 4.34 Å². The number of rotatable bonds is 9. The summed E-state index contributed by atoms with van der Waals surface area (Å²) in [4.78, 5) is 12.0. The number of hydrogen-bond acceptors (Lipinski definition) is 7. The highest BCUT2D eigenvalue weighted by Crippen LogP contribution is 2.31. The van der Waals surface area contributed by atoms with E-state index in [1.54, 1.807) is 14.2 Å². The first-order chi connectivity index (χ1) is 14.2. The van der Waals surface area contributed by atoms with E-state index in [1.165, 1.54) is 28.7 Å². The third kappa shape index (κ3) is 6.65. The second kappa shape index (κ2) is 10.7. The monoisotopic (exact) mass is 430 g/mol. The summed E-state index contributed by atoms with van der Waals surface area (Å²) in [5.41, 5.74) is 2.23. The summed E-state index contributed by atoms with van der Waals surface area (Å²) in [6, 6.07) is 15.5. The third-order valence-electron chi connectivity index (χ3n) is 3.94. The molecule has 0 fully saturated rings. The van der Waals surface area contributed by atoms with Crippen molar-refractivity contribution in [2.24, 2.45) is 0 Å². The van der Waals surface area contributed by atoms with Crippen LogP contribution in [0.1, 0.15) is 11.1 Å². The number of nitrogens with zero attached hydrogens (tertiary/aromatic N) is 2. The minimum atomic E-state index is -0.286. The Morgan fingerprint density at radius 1 is 1.03 bits per heavy atom. The van der Waals surface area contributed by atoms with Gasteiger partial charge in [-0.1, -0.05) is 53.4 Å². The van der Waals surface area contributed by atoms with E-state index in [4.69, 9.17) is 9.47 Å². The molecule has 2 amide bonds. The summed E-state index contributed by atoms with van der Waals surface area (Å²) in [5, 5.41) is 14.2. The van der Waals surface area contributed by atoms with Gasteiger partial charge in [-0.05, 0) is 29.7 Å². The summed E-state index contributed by atoms with van der Waals surface area (Å²) in [7, 11) is 3.25. The molecule has 152 valence electrons. The van der Waals surface area contributed by atoms with Crippen LogP contribution in [-0.2, 0) is 12.2 Å². The number of methoxy groups -OCH3 is 2. The molecule has 0 aliphatic rings. The number of urea groups is 1. The number of carbonyl (C=O) groups is 1. The maximum atomic E-state index is 12.0. The van der Waals surface area contributed by atoms with Crippen molar-refractivity contribution >= 4 is 34.3 Å². The van der Waals surface area contributed by atoms with E-state index >= 15 is 0 Å². The van der Waals surface area contributed by atoms with Gasteiger partial charge in [-0.2, -0.15) is 0 Å². The topological polar surface area (TPSA) is 85.4 Å². The van der Waals surface area contributed by atoms with Crippen LogP contribution in [0.2, 0.25) is 0 Å². The van der Waals surface area contributed by atoms with E-state index in [0.29, 0.717) is 17.4 Å². The Balaban J connectivity index is 1.46. The van der Waals surface area contributed by atoms with Crippen molar-refractivity contribution < 1.29 is 14.3 Å². The SMILES string of the molecule is COc1cc(CSc2nnc(NC(=O)NCCc3ccccc3)s2)cc(OC)c1. The smallest absolute Gasteiger partial charge is 0.321 e. The standard InChI is InChI=1S/C20H22N4O3S2/c1-26-16-10-15(11-17(12-16)27-2)13-28-20-24-23-19(29-20)22-18(25)21-9-8-14-6-4-3-5-7-14/h3-7,10-12H,8-9,13H2,1-2H3,(H2,21,22,23,25). The lowest BCUT2D eigenvalue weighted by Gasteiger charge is -2.07. The number of ether oxygens (including phenoxy) is 2. The number of amides is 2. The highest BCUT2D eigenvalue weighted by Gasteiger charge is 2.09. The minimum absolute atomic E-state index is 0.286. The van der Waals surface area contributed by atoms with Crippen LogP contribution in [0.15, 0.2) is 52.9 Å². The molecule has 0 saturated carbocycles. The molecule has 2 N–H and O–H groups in total. The Kier molecular flexibility index (Phi) is 7.71. The van der Waals surface area contributed by atoms with Crippen molar-refractivity contribution in [2.75, 3.05) is 26.1 Å². The van der Waals surface area contributed by atoms with Crippen LogP contribution in [0.25, 0.3) is 0 Å². The van der Waals surface area contributed by atoms with E-state index in [-0.39, 0.29) is 6.03 Å². The van der Waals surface area contributed by atoms with Crippen LogP contribution in [0.3, 0.4) is 0 Å². The summed E-state index contributed by atoms with van der Waals surface area (Å²) in [6.45, 7) is 0.550. The summed E-state index contributed by atoms with van der Waals surface area (Å²) >= 11 is 2.87. The number of nitrogens with one attached hydrogen (secondary N) is 2. The van der Waals surface area contributed by atoms with Crippen LogP contribution < -0.4 is 20.1 Å². The highest BCUT2D eigenvalue weighted by molar-refractivity contribution is 8.00. The van der Waals surface area contributed by atoms with Gasteiger partial charge in [0.2, 0.25) is 5.13 Å². The first-order valence-corrected chi connectivity index (χ1v) is 10.7. The number of benzene rings is 2. The van der Waals surface area contributed by atoms with Gasteiger partial charge in [0.05, 0.1) is 14.2 Å². The van der Waals surface area contributed by atoms with Crippen molar-refractivity contribution in [3.63, 3.8) is 0 Å². The van der Waals surface area contributed by atoms with Gasteiger partial charge in [0.25, 0.3) is 0 Å². The van der Waals surface area contributed by atoms with E-state index in [0.717, 1.165) is 27.8 Å². The van der Waals surface area contributed by atoms with Gasteiger partial charge in [-0.3, -0.25) is 5.32 Å². The van der Waals surface area contributed by atoms with Crippen molar-refractivity contribution in [3.05, 3.63) is 59.7 Å². The second-order valence-electron chi connectivity index (χ2n) is 6.00. The molecule has 2 aromatic carbocycles. The Labute approximate surface area is 177 Å². The molecule has 1 aromatic heterocycles. The Morgan fingerprint density at radius 2 is 1.76 bits per heavy atom. The van der Waals surface area contributed by atoms with Crippen LogP contribution in [0.5, 0.6) is 11.5 Å². The van der Waals surface area contributed by atoms with Gasteiger partial charge in [0, 0.05) is 18.4 Å². The summed E-state index contributed by atoms with van der Waals surface area (Å²) in [6.07, 6.45) is 0.773. The molecule has 7 nitrogen and oxygen atoms in total. The average Bonchev–Trinajstić information content (AvgIpc) is 3.20. The predicted molar refractivity (Wildman–Crippen MR) is 116 cm³/mol. The van der Waals surface area contributed by atoms with Crippen molar-refractivity contribution in [3.8, 4) is 11.5 Å². The predicted octanol–water partition coefficient (Wildman–Crippen LogP) is 4.21. The van der Waals surface area contributed by atoms with Crippen LogP contribution in [0, 0.1) is 0 Å². The maximum absolute atomic E-state index is 12.0. The molecule has 0 aliphatic heterocycles. The number of carbonyl (C=O) groups excluding carboxylic acids is 1. The lowest BCUT2D eigenvalue weighted by molar-refractivity contribution is 0.252. The quantitative estimate of drug-likeness (QED) is 0.391. The first kappa shape index (κ1) is 20.9. The van der Waals surface area contributed by atoms with E-state index in [9.17, 15) is 4.79 Å². The zero-order valence-corrected chi connectivity index (χ0v) is 17.8. The van der Waals surface area contributed by atoms with E-state index in [2.05, 4.69) is 20.8 Å². The molecular formula is C20H22N4O3S2. The normalized spacial score (nSPS) is 10.4. The van der Waals surface area contributed by atoms with Crippen molar-refractivity contribution in [1.29, 1.82) is 0 Å². The lowest BCUT2D eigenvalue weighted by Crippen LogP contribution is -2.30. The molecule has 1 heterocycles. The molecule has 0 aliphatic carbocycles. The van der Waals surface area contributed by atoms with Gasteiger partial charge in [0.1, 0.15) is 11.5 Å². The third-order valence-corrected chi connectivity index (χ3v) is 5.99. The van der Waals surface area contributed by atoms with Gasteiger partial charge in [-0.15, -0.1) is 10.2 Å². The van der Waals surface area contributed by atoms with Crippen LogP contribution in [-0.4, -0.2) is 37.0 Å². The highest BCUT2D eigenvalue weighted by atomic mass is 32.2. The molecule has 3 rings (SSSR count). The zero-order valence-electron chi connectivity index (χ0n) is 16.2.